The molecule has 0 aromatic carbocycles. The number of nitrogens with zero attached hydrogens (tertiary/aromatic N) is 2. The molecule has 0 amide bonds. The van der Waals surface area contributed by atoms with E-state index in [1.54, 1.807) is 0 Å². The number of halogens is 2. The van der Waals surface area contributed by atoms with Crippen LogP contribution in [0.5, 0.6) is 0 Å². The standard InChI is InChI=1S/C11H17ClFN3O/c1-11(2,4-3-5-17)7-15-9-8(13)6-14-10(12)16-9/h6,17H,3-5,7H2,1-2H3,(H,14,15,16). The molecule has 0 aliphatic heterocycles. The van der Waals surface area contributed by atoms with Crippen molar-refractivity contribution < 1.29 is 9.50 Å². The average Bonchev–Trinajstić information content (AvgIpc) is 2.28. The minimum Gasteiger partial charge on any atom is -0.396 e. The normalized spacial score (nSPS) is 11.6. The molecule has 0 atom stereocenters. The zero-order valence-corrected chi connectivity index (χ0v) is 10.8. The molecule has 0 radical (unpaired) electrons. The van der Waals surface area contributed by atoms with Crippen LogP contribution in [0, 0.1) is 11.2 Å². The number of aromatic nitrogens is 2. The van der Waals surface area contributed by atoms with Crippen LogP contribution in [0.3, 0.4) is 0 Å². The zero-order chi connectivity index (χ0) is 12.9. The summed E-state index contributed by atoms with van der Waals surface area (Å²) in [5, 5.41) is 11.7. The van der Waals surface area contributed by atoms with Crippen LogP contribution in [0.15, 0.2) is 6.20 Å². The lowest BCUT2D eigenvalue weighted by atomic mass is 9.88. The smallest absolute Gasteiger partial charge is 0.224 e. The quantitative estimate of drug-likeness (QED) is 0.773. The van der Waals surface area contributed by atoms with Crippen LogP contribution in [-0.4, -0.2) is 28.2 Å². The Kier molecular flexibility index (Phi) is 5.08. The first-order valence-corrected chi connectivity index (χ1v) is 5.85. The van der Waals surface area contributed by atoms with E-state index < -0.39 is 5.82 Å². The van der Waals surface area contributed by atoms with Gasteiger partial charge in [-0.3, -0.25) is 0 Å². The number of hydrogen-bond donors (Lipinski definition) is 2. The van der Waals surface area contributed by atoms with Gasteiger partial charge in [0.15, 0.2) is 11.6 Å². The van der Waals surface area contributed by atoms with E-state index in [9.17, 15) is 4.39 Å². The molecular formula is C11H17ClFN3O. The third kappa shape index (κ3) is 4.83. The van der Waals surface area contributed by atoms with Crippen molar-refractivity contribution in [2.75, 3.05) is 18.5 Å². The summed E-state index contributed by atoms with van der Waals surface area (Å²) in [5.41, 5.74) is -0.0490. The Balaban J connectivity index is 2.57. The van der Waals surface area contributed by atoms with Gasteiger partial charge in [0.05, 0.1) is 6.20 Å². The molecule has 0 saturated carbocycles. The minimum atomic E-state index is -0.521. The first-order valence-electron chi connectivity index (χ1n) is 5.47. The first kappa shape index (κ1) is 14.1. The molecule has 2 N–H and O–H groups in total. The molecular weight excluding hydrogens is 245 g/mol. The van der Waals surface area contributed by atoms with E-state index in [4.69, 9.17) is 16.7 Å². The average molecular weight is 262 g/mol. The molecule has 0 aliphatic carbocycles. The zero-order valence-electron chi connectivity index (χ0n) is 10.0. The van der Waals surface area contributed by atoms with Gasteiger partial charge in [-0.15, -0.1) is 0 Å². The lowest BCUT2D eigenvalue weighted by Crippen LogP contribution is -2.24. The van der Waals surface area contributed by atoms with Gasteiger partial charge in [0.1, 0.15) is 0 Å². The Morgan fingerprint density at radius 3 is 2.88 bits per heavy atom. The lowest BCUT2D eigenvalue weighted by Gasteiger charge is -2.24. The molecule has 0 spiro atoms. The van der Waals surface area contributed by atoms with Gasteiger partial charge in [0.2, 0.25) is 5.28 Å². The van der Waals surface area contributed by atoms with Crippen molar-refractivity contribution in [2.45, 2.75) is 26.7 Å². The molecule has 96 valence electrons. The Morgan fingerprint density at radius 1 is 1.53 bits per heavy atom. The van der Waals surface area contributed by atoms with E-state index in [-0.39, 0.29) is 23.1 Å². The van der Waals surface area contributed by atoms with Gasteiger partial charge in [-0.25, -0.2) is 9.37 Å². The van der Waals surface area contributed by atoms with E-state index in [1.807, 2.05) is 13.8 Å². The van der Waals surface area contributed by atoms with Crippen molar-refractivity contribution >= 4 is 17.4 Å². The Hall–Kier alpha value is -0.940. The number of nitrogens with one attached hydrogen (secondary N) is 1. The van der Waals surface area contributed by atoms with Crippen molar-refractivity contribution in [1.82, 2.24) is 9.97 Å². The van der Waals surface area contributed by atoms with Gasteiger partial charge < -0.3 is 10.4 Å². The maximum absolute atomic E-state index is 13.3. The predicted molar refractivity (Wildman–Crippen MR) is 65.6 cm³/mol. The fourth-order valence-electron chi connectivity index (χ4n) is 1.44. The fraction of sp³-hybridized carbons (Fsp3) is 0.636. The molecule has 1 heterocycles. The van der Waals surface area contributed by atoms with Crippen LogP contribution < -0.4 is 5.32 Å². The largest absolute Gasteiger partial charge is 0.396 e. The first-order chi connectivity index (χ1) is 7.94. The fourth-order valence-corrected chi connectivity index (χ4v) is 1.57. The van der Waals surface area contributed by atoms with Crippen LogP contribution >= 0.6 is 11.6 Å². The second kappa shape index (κ2) is 6.12. The van der Waals surface area contributed by atoms with Crippen LogP contribution in [0.25, 0.3) is 0 Å². The van der Waals surface area contributed by atoms with E-state index in [0.29, 0.717) is 6.54 Å². The van der Waals surface area contributed by atoms with Crippen LogP contribution in [0.4, 0.5) is 10.2 Å². The number of rotatable bonds is 6. The van der Waals surface area contributed by atoms with Gasteiger partial charge >= 0.3 is 0 Å². The second-order valence-electron chi connectivity index (χ2n) is 4.68. The van der Waals surface area contributed by atoms with E-state index in [0.717, 1.165) is 19.0 Å². The van der Waals surface area contributed by atoms with Crippen LogP contribution in [0.1, 0.15) is 26.7 Å². The van der Waals surface area contributed by atoms with Gasteiger partial charge in [-0.2, -0.15) is 4.98 Å². The molecule has 1 rings (SSSR count). The highest BCUT2D eigenvalue weighted by atomic mass is 35.5. The third-order valence-electron chi connectivity index (χ3n) is 2.46. The summed E-state index contributed by atoms with van der Waals surface area (Å²) in [7, 11) is 0. The molecule has 6 heteroatoms. The number of aliphatic hydroxyl groups is 1. The Bertz CT molecular complexity index is 374. The molecule has 1 aromatic rings. The summed E-state index contributed by atoms with van der Waals surface area (Å²) in [4.78, 5) is 7.31. The SMILES string of the molecule is CC(C)(CCCO)CNc1nc(Cl)ncc1F. The molecule has 1 aromatic heterocycles. The number of aliphatic hydroxyl groups excluding tert-OH is 1. The van der Waals surface area contributed by atoms with E-state index >= 15 is 0 Å². The monoisotopic (exact) mass is 261 g/mol. The Labute approximate surface area is 105 Å². The van der Waals surface area contributed by atoms with Gasteiger partial charge in [-0.1, -0.05) is 13.8 Å². The second-order valence-corrected chi connectivity index (χ2v) is 5.02. The van der Waals surface area contributed by atoms with Crippen molar-refractivity contribution in [3.05, 3.63) is 17.3 Å². The summed E-state index contributed by atoms with van der Waals surface area (Å²) >= 11 is 5.59. The summed E-state index contributed by atoms with van der Waals surface area (Å²) in [6.07, 6.45) is 2.61. The van der Waals surface area contributed by atoms with Gasteiger partial charge in [0, 0.05) is 13.2 Å². The van der Waals surface area contributed by atoms with Crippen molar-refractivity contribution in [1.29, 1.82) is 0 Å². The Morgan fingerprint density at radius 2 is 2.24 bits per heavy atom. The van der Waals surface area contributed by atoms with E-state index in [1.165, 1.54) is 0 Å². The highest BCUT2D eigenvalue weighted by Gasteiger charge is 2.18. The summed E-state index contributed by atoms with van der Waals surface area (Å²) in [5.74, 6) is -0.408. The van der Waals surface area contributed by atoms with Crippen molar-refractivity contribution in [3.8, 4) is 0 Å². The highest BCUT2D eigenvalue weighted by molar-refractivity contribution is 6.28. The molecule has 0 aliphatic rings. The molecule has 0 bridgehead atoms. The van der Waals surface area contributed by atoms with Gasteiger partial charge in [0.25, 0.3) is 0 Å². The maximum atomic E-state index is 13.3. The molecule has 0 unspecified atom stereocenters. The number of hydrogen-bond acceptors (Lipinski definition) is 4. The maximum Gasteiger partial charge on any atom is 0.224 e. The number of anilines is 1. The molecule has 4 nitrogen and oxygen atoms in total. The molecule has 0 saturated heterocycles. The van der Waals surface area contributed by atoms with E-state index in [2.05, 4.69) is 15.3 Å². The van der Waals surface area contributed by atoms with Crippen molar-refractivity contribution in [2.24, 2.45) is 5.41 Å². The third-order valence-corrected chi connectivity index (χ3v) is 2.64. The summed E-state index contributed by atoms with van der Waals surface area (Å²) < 4.78 is 13.3. The van der Waals surface area contributed by atoms with Crippen LogP contribution in [0.2, 0.25) is 5.28 Å². The summed E-state index contributed by atoms with van der Waals surface area (Å²) in [6, 6.07) is 0. The predicted octanol–water partition coefficient (Wildman–Crippen LogP) is 2.48. The summed E-state index contributed by atoms with van der Waals surface area (Å²) in [6.45, 7) is 4.79. The topological polar surface area (TPSA) is 58.0 Å². The highest BCUT2D eigenvalue weighted by Crippen LogP contribution is 2.23. The van der Waals surface area contributed by atoms with Crippen molar-refractivity contribution in [3.63, 3.8) is 0 Å². The molecule has 17 heavy (non-hydrogen) atoms. The lowest BCUT2D eigenvalue weighted by molar-refractivity contribution is 0.247. The van der Waals surface area contributed by atoms with Gasteiger partial charge in [-0.05, 0) is 29.9 Å². The minimum absolute atomic E-state index is 0.0158. The molecule has 0 fully saturated rings. The van der Waals surface area contributed by atoms with Crippen LogP contribution in [-0.2, 0) is 0 Å².